The molecule has 0 heterocycles. The molecule has 0 amide bonds. The van der Waals surface area contributed by atoms with Crippen molar-refractivity contribution in [1.29, 1.82) is 0 Å². The lowest BCUT2D eigenvalue weighted by molar-refractivity contribution is -0.258. The lowest BCUT2D eigenvalue weighted by Crippen LogP contribution is -2.77. The zero-order valence-corrected chi connectivity index (χ0v) is 10.8. The minimum absolute atomic E-state index is 0.208. The van der Waals surface area contributed by atoms with Gasteiger partial charge in [-0.1, -0.05) is 6.92 Å². The van der Waals surface area contributed by atoms with Gasteiger partial charge in [-0.3, -0.25) is 0 Å². The van der Waals surface area contributed by atoms with Gasteiger partial charge in [0.05, 0.1) is 0 Å². The molecule has 0 aromatic rings. The van der Waals surface area contributed by atoms with E-state index in [4.69, 9.17) is 11.5 Å². The minimum Gasteiger partial charge on any atom is -0.325 e. The molecule has 4 atom stereocenters. The molecule has 0 radical (unpaired) electrons. The molecule has 4 N–H and O–H groups in total. The molecule has 0 spiro atoms. The van der Waals surface area contributed by atoms with Crippen LogP contribution in [0.2, 0.25) is 0 Å². The second-order valence-electron chi connectivity index (χ2n) is 8.63. The van der Waals surface area contributed by atoms with E-state index in [2.05, 4.69) is 6.92 Å². The Morgan fingerprint density at radius 2 is 1.29 bits per heavy atom. The zero-order valence-electron chi connectivity index (χ0n) is 10.8. The van der Waals surface area contributed by atoms with Crippen LogP contribution in [0.5, 0.6) is 0 Å². The van der Waals surface area contributed by atoms with E-state index >= 15 is 0 Å². The Bertz CT molecular complexity index is 391. The van der Waals surface area contributed by atoms with Gasteiger partial charge in [-0.15, -0.1) is 0 Å². The lowest BCUT2D eigenvalue weighted by atomic mass is 9.29. The largest absolute Gasteiger partial charge is 0.325 e. The average Bonchev–Trinajstić information content (AvgIpc) is 2.23. The van der Waals surface area contributed by atoms with Crippen molar-refractivity contribution in [3.05, 3.63) is 0 Å². The van der Waals surface area contributed by atoms with Crippen LogP contribution in [-0.4, -0.2) is 11.1 Å². The topological polar surface area (TPSA) is 52.0 Å². The molecule has 7 aliphatic rings. The van der Waals surface area contributed by atoms with Crippen LogP contribution in [0.1, 0.15) is 45.4 Å². The van der Waals surface area contributed by atoms with Crippen LogP contribution in [0.3, 0.4) is 0 Å². The Kier molecular flexibility index (Phi) is 1.35. The van der Waals surface area contributed by atoms with E-state index in [0.29, 0.717) is 5.41 Å². The van der Waals surface area contributed by atoms with Gasteiger partial charge in [0, 0.05) is 11.1 Å². The summed E-state index contributed by atoms with van der Waals surface area (Å²) in [5, 5.41) is 0. The first-order chi connectivity index (χ1) is 7.93. The Morgan fingerprint density at radius 1 is 0.765 bits per heavy atom. The summed E-state index contributed by atoms with van der Waals surface area (Å²) in [6, 6.07) is 0. The monoisotopic (exact) mass is 232 g/mol. The second-order valence-corrected chi connectivity index (χ2v) is 8.63. The average molecular weight is 232 g/mol. The van der Waals surface area contributed by atoms with E-state index in [1.807, 2.05) is 0 Å². The molecule has 2 heteroatoms. The third-order valence-corrected chi connectivity index (χ3v) is 7.74. The van der Waals surface area contributed by atoms with E-state index in [1.165, 1.54) is 38.5 Å². The van der Waals surface area contributed by atoms with Crippen LogP contribution < -0.4 is 11.5 Å². The van der Waals surface area contributed by atoms with Gasteiger partial charge in [0.1, 0.15) is 0 Å². The first-order valence-electron chi connectivity index (χ1n) is 7.50. The summed E-state index contributed by atoms with van der Waals surface area (Å²) in [5.74, 6) is 4.65. The summed E-state index contributed by atoms with van der Waals surface area (Å²) in [7, 11) is 0. The molecular weight excluding hydrogens is 208 g/mol. The maximum Gasteiger partial charge on any atom is 0.0165 e. The molecule has 7 aliphatic carbocycles. The highest BCUT2D eigenvalue weighted by atomic mass is 14.9. The van der Waals surface area contributed by atoms with Gasteiger partial charge in [0.15, 0.2) is 0 Å². The Labute approximate surface area is 103 Å². The van der Waals surface area contributed by atoms with E-state index in [9.17, 15) is 0 Å². The van der Waals surface area contributed by atoms with Crippen LogP contribution in [0, 0.1) is 35.0 Å². The molecule has 7 saturated carbocycles. The molecule has 94 valence electrons. The number of rotatable bonds is 0. The molecular formula is C15H24N2. The third kappa shape index (κ3) is 0.889. The number of hydrogen-bond donors (Lipinski definition) is 2. The molecule has 8 bridgehead atoms. The van der Waals surface area contributed by atoms with E-state index in [1.54, 1.807) is 0 Å². The first kappa shape index (κ1) is 9.80. The molecule has 0 saturated heterocycles. The molecule has 7 fully saturated rings. The quantitative estimate of drug-likeness (QED) is 0.670. The van der Waals surface area contributed by atoms with Crippen LogP contribution in [0.15, 0.2) is 0 Å². The van der Waals surface area contributed by atoms with Crippen molar-refractivity contribution in [2.24, 2.45) is 46.5 Å². The lowest BCUT2D eigenvalue weighted by Gasteiger charge is -2.77. The van der Waals surface area contributed by atoms with Crippen molar-refractivity contribution < 1.29 is 0 Å². The SMILES string of the molecule is CC12CC3(N)CC4C5CC(N)(CC41)CC2C5C3. The summed E-state index contributed by atoms with van der Waals surface area (Å²) in [4.78, 5) is 0. The molecule has 0 aromatic heterocycles. The first-order valence-corrected chi connectivity index (χ1v) is 7.50. The summed E-state index contributed by atoms with van der Waals surface area (Å²) in [6.45, 7) is 2.56. The zero-order chi connectivity index (χ0) is 11.6. The number of nitrogens with two attached hydrogens (primary N) is 2. The van der Waals surface area contributed by atoms with Gasteiger partial charge >= 0.3 is 0 Å². The Balaban J connectivity index is 1.72. The van der Waals surface area contributed by atoms with Crippen molar-refractivity contribution in [2.45, 2.75) is 56.5 Å². The molecule has 0 aromatic carbocycles. The Hall–Kier alpha value is -0.0800. The highest BCUT2D eigenvalue weighted by Gasteiger charge is 2.73. The summed E-state index contributed by atoms with van der Waals surface area (Å²) in [5.41, 5.74) is 14.3. The van der Waals surface area contributed by atoms with Gasteiger partial charge in [-0.2, -0.15) is 0 Å². The molecule has 2 nitrogen and oxygen atoms in total. The highest BCUT2D eigenvalue weighted by Crippen LogP contribution is 2.76. The van der Waals surface area contributed by atoms with E-state index in [-0.39, 0.29) is 11.1 Å². The standard InChI is InChI=1S/C15H24N2/c1-13-7-15(17)3-9-8-2-14(16,5-11(9)13)6-12(13)10(8)4-15/h8-12H,2-7,16-17H2,1H3. The van der Waals surface area contributed by atoms with E-state index < -0.39 is 0 Å². The van der Waals surface area contributed by atoms with Crippen LogP contribution in [0.25, 0.3) is 0 Å². The molecule has 0 aliphatic heterocycles. The predicted molar refractivity (Wildman–Crippen MR) is 67.1 cm³/mol. The summed E-state index contributed by atoms with van der Waals surface area (Å²) >= 11 is 0. The molecule has 7 rings (SSSR count). The van der Waals surface area contributed by atoms with Crippen LogP contribution in [-0.2, 0) is 0 Å². The van der Waals surface area contributed by atoms with Gasteiger partial charge < -0.3 is 11.5 Å². The van der Waals surface area contributed by atoms with Crippen molar-refractivity contribution in [3.63, 3.8) is 0 Å². The fraction of sp³-hybridized carbons (Fsp3) is 1.00. The molecule has 17 heavy (non-hydrogen) atoms. The maximum atomic E-state index is 6.69. The highest BCUT2D eigenvalue weighted by molar-refractivity contribution is 5.25. The van der Waals surface area contributed by atoms with Crippen LogP contribution in [0.4, 0.5) is 0 Å². The Morgan fingerprint density at radius 3 is 1.88 bits per heavy atom. The van der Waals surface area contributed by atoms with Crippen molar-refractivity contribution in [2.75, 3.05) is 0 Å². The van der Waals surface area contributed by atoms with Gasteiger partial charge in [-0.25, -0.2) is 0 Å². The van der Waals surface area contributed by atoms with Crippen molar-refractivity contribution in [1.82, 2.24) is 0 Å². The van der Waals surface area contributed by atoms with Gasteiger partial charge in [0.25, 0.3) is 0 Å². The summed E-state index contributed by atoms with van der Waals surface area (Å²) in [6.07, 6.45) is 7.87. The summed E-state index contributed by atoms with van der Waals surface area (Å²) < 4.78 is 0. The number of hydrogen-bond acceptors (Lipinski definition) is 2. The predicted octanol–water partition coefficient (Wildman–Crippen LogP) is 1.88. The fourth-order valence-corrected chi connectivity index (χ4v) is 7.61. The minimum atomic E-state index is 0.208. The van der Waals surface area contributed by atoms with Crippen molar-refractivity contribution >= 4 is 0 Å². The van der Waals surface area contributed by atoms with Gasteiger partial charge in [-0.05, 0) is 73.5 Å². The second kappa shape index (κ2) is 2.34. The fourth-order valence-electron chi connectivity index (χ4n) is 7.61. The van der Waals surface area contributed by atoms with Crippen LogP contribution >= 0.6 is 0 Å². The maximum absolute atomic E-state index is 6.69. The van der Waals surface area contributed by atoms with E-state index in [0.717, 1.165) is 29.6 Å². The smallest absolute Gasteiger partial charge is 0.0165 e. The van der Waals surface area contributed by atoms with Crippen molar-refractivity contribution in [3.8, 4) is 0 Å². The normalized spacial score (nSPS) is 74.6. The van der Waals surface area contributed by atoms with Gasteiger partial charge in [0.2, 0.25) is 0 Å². The molecule has 4 unspecified atom stereocenters. The third-order valence-electron chi connectivity index (χ3n) is 7.74.